The van der Waals surface area contributed by atoms with Crippen molar-refractivity contribution in [2.24, 2.45) is 11.8 Å². The van der Waals surface area contributed by atoms with Gasteiger partial charge in [-0.2, -0.15) is 0 Å². The molecule has 0 aromatic carbocycles. The normalized spacial score (nSPS) is 36.6. The molecule has 1 saturated carbocycles. The molecule has 2 aliphatic rings. The molecule has 1 aromatic rings. The minimum Gasteiger partial charge on any atom is -0.317 e. The van der Waals surface area contributed by atoms with E-state index in [1.165, 1.54) is 17.7 Å². The molecular formula is C17H26N2OS. The van der Waals surface area contributed by atoms with E-state index < -0.39 is 0 Å². The first-order valence-corrected chi connectivity index (χ1v) is 9.16. The molecule has 0 bridgehead atoms. The molecule has 5 unspecified atom stereocenters. The van der Waals surface area contributed by atoms with Gasteiger partial charge in [-0.05, 0) is 42.5 Å². The summed E-state index contributed by atoms with van der Waals surface area (Å²) in [4.78, 5) is 16.3. The molecule has 2 heterocycles. The molecule has 0 radical (unpaired) electrons. The summed E-state index contributed by atoms with van der Waals surface area (Å²) in [6, 6.07) is 4.62. The summed E-state index contributed by atoms with van der Waals surface area (Å²) in [7, 11) is 0. The first-order chi connectivity index (χ1) is 10.2. The third kappa shape index (κ3) is 2.53. The SMILES string of the molecule is CCC1NC(c2cccs2)N(C2CCC(CC)C2C)C1=O. The number of rotatable bonds is 4. The Morgan fingerprint density at radius 3 is 2.71 bits per heavy atom. The van der Waals surface area contributed by atoms with Gasteiger partial charge in [-0.25, -0.2) is 0 Å². The lowest BCUT2D eigenvalue weighted by Crippen LogP contribution is -2.42. The predicted octanol–water partition coefficient (Wildman–Crippen LogP) is 3.78. The molecule has 1 amide bonds. The van der Waals surface area contributed by atoms with E-state index in [2.05, 4.69) is 48.5 Å². The molecule has 1 N–H and O–H groups in total. The Hall–Kier alpha value is -0.870. The van der Waals surface area contributed by atoms with Crippen LogP contribution in [0.2, 0.25) is 0 Å². The van der Waals surface area contributed by atoms with Crippen molar-refractivity contribution >= 4 is 17.2 Å². The van der Waals surface area contributed by atoms with E-state index in [0.717, 1.165) is 18.8 Å². The summed E-state index contributed by atoms with van der Waals surface area (Å²) in [5.41, 5.74) is 0. The van der Waals surface area contributed by atoms with Gasteiger partial charge in [0.1, 0.15) is 6.17 Å². The second-order valence-electron chi connectivity index (χ2n) is 6.46. The van der Waals surface area contributed by atoms with Gasteiger partial charge in [0.25, 0.3) is 0 Å². The zero-order chi connectivity index (χ0) is 15.0. The maximum atomic E-state index is 12.8. The van der Waals surface area contributed by atoms with Crippen molar-refractivity contribution < 1.29 is 4.79 Å². The Bertz CT molecular complexity index is 487. The summed E-state index contributed by atoms with van der Waals surface area (Å²) in [5, 5.41) is 5.66. The molecular weight excluding hydrogens is 280 g/mol. The fraction of sp³-hybridized carbons (Fsp3) is 0.706. The Kier molecular flexibility index (Phi) is 4.36. The number of thiophene rings is 1. The van der Waals surface area contributed by atoms with Crippen molar-refractivity contribution in [1.82, 2.24) is 10.2 Å². The molecule has 5 atom stereocenters. The number of amides is 1. The maximum absolute atomic E-state index is 12.8. The fourth-order valence-corrected chi connectivity index (χ4v) is 4.94. The van der Waals surface area contributed by atoms with E-state index in [0.29, 0.717) is 17.9 Å². The molecule has 3 rings (SSSR count). The number of carbonyl (C=O) groups excluding carboxylic acids is 1. The van der Waals surface area contributed by atoms with Crippen LogP contribution < -0.4 is 5.32 Å². The van der Waals surface area contributed by atoms with Crippen LogP contribution in [0.3, 0.4) is 0 Å². The van der Waals surface area contributed by atoms with Gasteiger partial charge in [0, 0.05) is 10.9 Å². The molecule has 21 heavy (non-hydrogen) atoms. The van der Waals surface area contributed by atoms with Crippen LogP contribution in [0.4, 0.5) is 0 Å². The van der Waals surface area contributed by atoms with Crippen LogP contribution in [-0.2, 0) is 4.79 Å². The van der Waals surface area contributed by atoms with Gasteiger partial charge in [0.05, 0.1) is 6.04 Å². The minimum atomic E-state index is -0.00928. The van der Waals surface area contributed by atoms with Gasteiger partial charge in [-0.15, -0.1) is 11.3 Å². The van der Waals surface area contributed by atoms with E-state index in [9.17, 15) is 4.79 Å². The van der Waals surface area contributed by atoms with E-state index in [-0.39, 0.29) is 12.2 Å². The number of hydrogen-bond donors (Lipinski definition) is 1. The molecule has 1 aliphatic heterocycles. The molecule has 116 valence electrons. The molecule has 4 heteroatoms. The highest BCUT2D eigenvalue weighted by Gasteiger charge is 2.47. The smallest absolute Gasteiger partial charge is 0.241 e. The van der Waals surface area contributed by atoms with E-state index in [1.54, 1.807) is 11.3 Å². The van der Waals surface area contributed by atoms with Gasteiger partial charge in [-0.3, -0.25) is 10.1 Å². The zero-order valence-corrected chi connectivity index (χ0v) is 14.0. The van der Waals surface area contributed by atoms with Crippen LogP contribution in [-0.4, -0.2) is 22.9 Å². The first-order valence-electron chi connectivity index (χ1n) is 8.29. The molecule has 3 nitrogen and oxygen atoms in total. The number of carbonyl (C=O) groups is 1. The van der Waals surface area contributed by atoms with Crippen molar-refractivity contribution in [3.8, 4) is 0 Å². The lowest BCUT2D eigenvalue weighted by atomic mass is 9.92. The van der Waals surface area contributed by atoms with Crippen LogP contribution in [0.1, 0.15) is 57.5 Å². The number of hydrogen-bond acceptors (Lipinski definition) is 3. The maximum Gasteiger partial charge on any atom is 0.241 e. The number of nitrogens with zero attached hydrogens (tertiary/aromatic N) is 1. The van der Waals surface area contributed by atoms with Crippen molar-refractivity contribution in [1.29, 1.82) is 0 Å². The number of nitrogens with one attached hydrogen (secondary N) is 1. The molecule has 1 aliphatic carbocycles. The summed E-state index contributed by atoms with van der Waals surface area (Å²) >= 11 is 1.75. The van der Waals surface area contributed by atoms with Gasteiger partial charge in [-0.1, -0.05) is 33.3 Å². The monoisotopic (exact) mass is 306 g/mol. The van der Waals surface area contributed by atoms with Crippen LogP contribution in [0.25, 0.3) is 0 Å². The zero-order valence-electron chi connectivity index (χ0n) is 13.2. The highest BCUT2D eigenvalue weighted by atomic mass is 32.1. The molecule has 2 fully saturated rings. The fourth-order valence-electron chi connectivity index (χ4n) is 4.16. The summed E-state index contributed by atoms with van der Waals surface area (Å²) in [6.07, 6.45) is 4.61. The third-order valence-electron chi connectivity index (χ3n) is 5.48. The van der Waals surface area contributed by atoms with Crippen molar-refractivity contribution in [2.75, 3.05) is 0 Å². The lowest BCUT2D eigenvalue weighted by Gasteiger charge is -2.33. The average molecular weight is 306 g/mol. The van der Waals surface area contributed by atoms with Crippen LogP contribution in [0, 0.1) is 11.8 Å². The highest BCUT2D eigenvalue weighted by Crippen LogP contribution is 2.42. The highest BCUT2D eigenvalue weighted by molar-refractivity contribution is 7.10. The Morgan fingerprint density at radius 1 is 1.33 bits per heavy atom. The Balaban J connectivity index is 1.88. The molecule has 1 saturated heterocycles. The van der Waals surface area contributed by atoms with Gasteiger partial charge in [0.15, 0.2) is 0 Å². The minimum absolute atomic E-state index is 0.00928. The largest absolute Gasteiger partial charge is 0.317 e. The Labute approximate surface area is 131 Å². The standard InChI is InChI=1S/C17H26N2OS/c1-4-12-8-9-14(11(12)3)19-16(15-7-6-10-21-15)18-13(5-2)17(19)20/h6-7,10-14,16,18H,4-5,8-9H2,1-3H3. The van der Waals surface area contributed by atoms with Gasteiger partial charge in [0.2, 0.25) is 5.91 Å². The quantitative estimate of drug-likeness (QED) is 0.918. The molecule has 0 spiro atoms. The van der Waals surface area contributed by atoms with Crippen molar-refractivity contribution in [2.45, 2.75) is 64.7 Å². The van der Waals surface area contributed by atoms with Crippen molar-refractivity contribution in [3.63, 3.8) is 0 Å². The third-order valence-corrected chi connectivity index (χ3v) is 6.40. The van der Waals surface area contributed by atoms with Crippen LogP contribution >= 0.6 is 11.3 Å². The summed E-state index contributed by atoms with van der Waals surface area (Å²) in [5.74, 6) is 1.69. The average Bonchev–Trinajstić information content (AvgIpc) is 3.18. The van der Waals surface area contributed by atoms with Crippen molar-refractivity contribution in [3.05, 3.63) is 22.4 Å². The van der Waals surface area contributed by atoms with Crippen LogP contribution in [0.5, 0.6) is 0 Å². The first kappa shape index (κ1) is 15.0. The summed E-state index contributed by atoms with van der Waals surface area (Å²) in [6.45, 7) is 6.71. The van der Waals surface area contributed by atoms with Gasteiger partial charge < -0.3 is 4.90 Å². The summed E-state index contributed by atoms with van der Waals surface area (Å²) < 4.78 is 0. The lowest BCUT2D eigenvalue weighted by molar-refractivity contribution is -0.133. The Morgan fingerprint density at radius 2 is 2.14 bits per heavy atom. The van der Waals surface area contributed by atoms with Crippen LogP contribution in [0.15, 0.2) is 17.5 Å². The second-order valence-corrected chi connectivity index (χ2v) is 7.44. The molecule has 1 aromatic heterocycles. The van der Waals surface area contributed by atoms with Gasteiger partial charge >= 0.3 is 0 Å². The predicted molar refractivity (Wildman–Crippen MR) is 87.1 cm³/mol. The van der Waals surface area contributed by atoms with E-state index >= 15 is 0 Å². The van der Waals surface area contributed by atoms with E-state index in [4.69, 9.17) is 0 Å². The topological polar surface area (TPSA) is 32.3 Å². The second kappa shape index (κ2) is 6.09. The van der Waals surface area contributed by atoms with E-state index in [1.807, 2.05) is 0 Å².